The van der Waals surface area contributed by atoms with Crippen LogP contribution in [0.2, 0.25) is 0 Å². The molecule has 0 fully saturated rings. The maximum atomic E-state index is 12.9. The average molecular weight is 558 g/mol. The Balaban J connectivity index is 1.87. The Hall–Kier alpha value is -4.45. The number of esters is 1. The molecule has 0 unspecified atom stereocenters. The van der Waals surface area contributed by atoms with Gasteiger partial charge in [0, 0.05) is 27.7 Å². The molecule has 11 nitrogen and oxygen atoms in total. The minimum atomic E-state index is -0.795. The number of rotatable bonds is 9. The lowest BCUT2D eigenvalue weighted by Gasteiger charge is -2.14. The summed E-state index contributed by atoms with van der Waals surface area (Å²) in [6.45, 7) is 0. The summed E-state index contributed by atoms with van der Waals surface area (Å²) in [6, 6.07) is 13.0. The number of carbonyl (C=O) groups is 2. The number of nitrogens with zero attached hydrogens (tertiary/aromatic N) is 2. The van der Waals surface area contributed by atoms with Gasteiger partial charge in [-0.2, -0.15) is 5.10 Å². The minimum Gasteiger partial charge on any atom is -0.493 e. The summed E-state index contributed by atoms with van der Waals surface area (Å²) in [4.78, 5) is 35.8. The van der Waals surface area contributed by atoms with Gasteiger partial charge in [-0.25, -0.2) is 10.2 Å². The number of non-ortho nitro benzene ring substituents is 1. The van der Waals surface area contributed by atoms with Gasteiger partial charge in [0.2, 0.25) is 5.75 Å². The molecule has 0 aliphatic heterocycles. The molecule has 0 aliphatic carbocycles. The van der Waals surface area contributed by atoms with Crippen LogP contribution in [0.1, 0.15) is 26.3 Å². The third-order valence-corrected chi connectivity index (χ3v) is 5.31. The van der Waals surface area contributed by atoms with Crippen molar-refractivity contribution in [1.82, 2.24) is 5.43 Å². The SMILES string of the molecule is COc1cc(C(=O)Oc2ccc([N+](=O)[O-])cc2/C=N/NC(=O)c2ccc(Br)cc2)cc(OC)c1OC. The van der Waals surface area contributed by atoms with Crippen LogP contribution in [0.3, 0.4) is 0 Å². The van der Waals surface area contributed by atoms with E-state index in [9.17, 15) is 19.7 Å². The van der Waals surface area contributed by atoms with Gasteiger partial charge in [-0.3, -0.25) is 14.9 Å². The number of hydrogen-bond acceptors (Lipinski definition) is 9. The molecule has 36 heavy (non-hydrogen) atoms. The third kappa shape index (κ3) is 6.16. The maximum Gasteiger partial charge on any atom is 0.343 e. The zero-order valence-corrected chi connectivity index (χ0v) is 20.9. The van der Waals surface area contributed by atoms with Crippen molar-refractivity contribution in [2.75, 3.05) is 21.3 Å². The number of carbonyl (C=O) groups excluding carboxylic acids is 2. The second-order valence-corrected chi connectivity index (χ2v) is 7.90. The van der Waals surface area contributed by atoms with E-state index in [2.05, 4.69) is 26.5 Å². The van der Waals surface area contributed by atoms with Crippen molar-refractivity contribution in [3.05, 3.63) is 85.9 Å². The number of nitro benzene ring substituents is 1. The van der Waals surface area contributed by atoms with Crippen LogP contribution in [0.25, 0.3) is 0 Å². The van der Waals surface area contributed by atoms with Crippen molar-refractivity contribution in [2.24, 2.45) is 5.10 Å². The Labute approximate surface area is 213 Å². The van der Waals surface area contributed by atoms with Crippen LogP contribution in [0.5, 0.6) is 23.0 Å². The first-order chi connectivity index (χ1) is 17.3. The fourth-order valence-electron chi connectivity index (χ4n) is 3.03. The molecule has 0 saturated carbocycles. The van der Waals surface area contributed by atoms with E-state index in [1.807, 2.05) is 0 Å². The van der Waals surface area contributed by atoms with Gasteiger partial charge in [0.05, 0.1) is 38.0 Å². The summed E-state index contributed by atoms with van der Waals surface area (Å²) in [7, 11) is 4.23. The molecule has 3 rings (SSSR count). The topological polar surface area (TPSA) is 139 Å². The number of ether oxygens (including phenoxy) is 4. The first-order valence-corrected chi connectivity index (χ1v) is 11.0. The highest BCUT2D eigenvalue weighted by Crippen LogP contribution is 2.38. The number of halogens is 1. The zero-order chi connectivity index (χ0) is 26.2. The molecule has 0 saturated heterocycles. The number of hydrazone groups is 1. The van der Waals surface area contributed by atoms with Crippen LogP contribution in [0.15, 0.2) is 64.2 Å². The summed E-state index contributed by atoms with van der Waals surface area (Å²) >= 11 is 3.29. The quantitative estimate of drug-likeness (QED) is 0.134. The van der Waals surface area contributed by atoms with E-state index in [4.69, 9.17) is 18.9 Å². The van der Waals surface area contributed by atoms with E-state index in [0.717, 1.165) is 16.8 Å². The summed E-state index contributed by atoms with van der Waals surface area (Å²) in [5.74, 6) is -0.547. The number of hydrogen-bond donors (Lipinski definition) is 1. The minimum absolute atomic E-state index is 0.0269. The molecule has 3 aromatic rings. The van der Waals surface area contributed by atoms with Crippen molar-refractivity contribution in [3.63, 3.8) is 0 Å². The van der Waals surface area contributed by atoms with Gasteiger partial charge in [0.25, 0.3) is 11.6 Å². The van der Waals surface area contributed by atoms with E-state index < -0.39 is 16.8 Å². The van der Waals surface area contributed by atoms with E-state index in [-0.39, 0.29) is 34.1 Å². The Morgan fingerprint density at radius 2 is 1.56 bits per heavy atom. The van der Waals surface area contributed by atoms with Crippen molar-refractivity contribution in [1.29, 1.82) is 0 Å². The van der Waals surface area contributed by atoms with Gasteiger partial charge >= 0.3 is 5.97 Å². The molecular weight excluding hydrogens is 538 g/mol. The van der Waals surface area contributed by atoms with E-state index >= 15 is 0 Å². The maximum absolute atomic E-state index is 12.9. The Kier molecular flexibility index (Phi) is 8.57. The van der Waals surface area contributed by atoms with Gasteiger partial charge < -0.3 is 18.9 Å². The molecule has 0 atom stereocenters. The number of benzene rings is 3. The average Bonchev–Trinajstić information content (AvgIpc) is 2.88. The van der Waals surface area contributed by atoms with E-state index in [0.29, 0.717) is 11.3 Å². The Morgan fingerprint density at radius 3 is 2.11 bits per heavy atom. The van der Waals surface area contributed by atoms with Crippen LogP contribution in [0, 0.1) is 10.1 Å². The number of methoxy groups -OCH3 is 3. The molecule has 186 valence electrons. The van der Waals surface area contributed by atoms with Crippen molar-refractivity contribution < 1.29 is 33.5 Å². The van der Waals surface area contributed by atoms with Gasteiger partial charge in [0.1, 0.15) is 5.75 Å². The Bertz CT molecular complexity index is 1300. The predicted molar refractivity (Wildman–Crippen MR) is 133 cm³/mol. The van der Waals surface area contributed by atoms with Gasteiger partial charge in [0.15, 0.2) is 11.5 Å². The number of amides is 1. The lowest BCUT2D eigenvalue weighted by Crippen LogP contribution is -2.17. The largest absolute Gasteiger partial charge is 0.493 e. The highest BCUT2D eigenvalue weighted by molar-refractivity contribution is 9.10. The molecule has 0 radical (unpaired) electrons. The summed E-state index contributed by atoms with van der Waals surface area (Å²) in [6.07, 6.45) is 1.14. The van der Waals surface area contributed by atoms with Crippen LogP contribution in [0.4, 0.5) is 5.69 Å². The molecule has 12 heteroatoms. The Morgan fingerprint density at radius 1 is 0.917 bits per heavy atom. The van der Waals surface area contributed by atoms with Gasteiger partial charge in [-0.15, -0.1) is 0 Å². The zero-order valence-electron chi connectivity index (χ0n) is 19.3. The van der Waals surface area contributed by atoms with Gasteiger partial charge in [-0.1, -0.05) is 15.9 Å². The molecule has 0 spiro atoms. The summed E-state index contributed by atoms with van der Waals surface area (Å²) < 4.78 is 22.0. The standard InChI is InChI=1S/C24H20BrN3O8/c1-33-20-11-15(12-21(34-2)22(20)35-3)24(30)36-19-9-8-18(28(31)32)10-16(19)13-26-27-23(29)14-4-6-17(25)7-5-14/h4-13H,1-3H3,(H,27,29)/b26-13+. The van der Waals surface area contributed by atoms with Crippen LogP contribution in [-0.2, 0) is 0 Å². The number of nitrogens with one attached hydrogen (secondary N) is 1. The molecule has 0 bridgehead atoms. The smallest absolute Gasteiger partial charge is 0.343 e. The lowest BCUT2D eigenvalue weighted by molar-refractivity contribution is -0.384. The van der Waals surface area contributed by atoms with E-state index in [1.165, 1.54) is 45.6 Å². The fraction of sp³-hybridized carbons (Fsp3) is 0.125. The first-order valence-electron chi connectivity index (χ1n) is 10.2. The van der Waals surface area contributed by atoms with Crippen LogP contribution < -0.4 is 24.4 Å². The monoisotopic (exact) mass is 557 g/mol. The van der Waals surface area contributed by atoms with Gasteiger partial charge in [-0.05, 0) is 42.5 Å². The third-order valence-electron chi connectivity index (χ3n) is 4.78. The second-order valence-electron chi connectivity index (χ2n) is 6.99. The normalized spacial score (nSPS) is 10.6. The molecule has 0 heterocycles. The molecule has 0 aliphatic rings. The first kappa shape index (κ1) is 26.2. The second kappa shape index (κ2) is 11.8. The van der Waals surface area contributed by atoms with Crippen LogP contribution in [-0.4, -0.2) is 44.3 Å². The van der Waals surface area contributed by atoms with Crippen molar-refractivity contribution in [2.45, 2.75) is 0 Å². The molecule has 0 aromatic heterocycles. The van der Waals surface area contributed by atoms with Crippen LogP contribution >= 0.6 is 15.9 Å². The molecular formula is C24H20BrN3O8. The molecule has 1 amide bonds. The molecule has 3 aromatic carbocycles. The molecule has 1 N–H and O–H groups in total. The lowest BCUT2D eigenvalue weighted by atomic mass is 10.1. The fourth-order valence-corrected chi connectivity index (χ4v) is 3.29. The highest BCUT2D eigenvalue weighted by atomic mass is 79.9. The van der Waals surface area contributed by atoms with Crippen molar-refractivity contribution >= 4 is 39.7 Å². The summed E-state index contributed by atoms with van der Waals surface area (Å²) in [5, 5.41) is 15.1. The van der Waals surface area contributed by atoms with E-state index in [1.54, 1.807) is 24.3 Å². The van der Waals surface area contributed by atoms with Crippen molar-refractivity contribution in [3.8, 4) is 23.0 Å². The number of nitro groups is 1. The highest BCUT2D eigenvalue weighted by Gasteiger charge is 2.20. The predicted octanol–water partition coefficient (Wildman–Crippen LogP) is 4.37. The summed E-state index contributed by atoms with van der Waals surface area (Å²) in [5.41, 5.74) is 2.58.